The van der Waals surface area contributed by atoms with E-state index in [1.165, 1.54) is 0 Å². The van der Waals surface area contributed by atoms with Crippen LogP contribution in [0.5, 0.6) is 0 Å². The van der Waals surface area contributed by atoms with Crippen LogP contribution in [-0.2, 0) is 6.42 Å². The van der Waals surface area contributed by atoms with E-state index < -0.39 is 0 Å². The second-order valence-corrected chi connectivity index (χ2v) is 5.05. The molecule has 5 heteroatoms. The van der Waals surface area contributed by atoms with Gasteiger partial charge in [-0.05, 0) is 25.8 Å². The number of nitrogens with one attached hydrogen (secondary N) is 1. The van der Waals surface area contributed by atoms with Crippen molar-refractivity contribution in [2.45, 2.75) is 39.7 Å². The van der Waals surface area contributed by atoms with E-state index in [1.807, 2.05) is 20.8 Å². The summed E-state index contributed by atoms with van der Waals surface area (Å²) in [6.07, 6.45) is 3.40. The molecule has 4 nitrogen and oxygen atoms in total. The zero-order chi connectivity index (χ0) is 14.0. The highest BCUT2D eigenvalue weighted by Gasteiger charge is 2.19. The number of aromatic nitrogens is 2. The SMILES string of the molecule is CCc1nc2cc(Cl)ccn2c1C(=O)NC(C)CC. The quantitative estimate of drug-likeness (QED) is 0.935. The van der Waals surface area contributed by atoms with Gasteiger partial charge in [0.1, 0.15) is 11.3 Å². The minimum absolute atomic E-state index is 0.0824. The Hall–Kier alpha value is -1.55. The molecule has 19 heavy (non-hydrogen) atoms. The van der Waals surface area contributed by atoms with E-state index in [4.69, 9.17) is 11.6 Å². The molecule has 1 N–H and O–H groups in total. The predicted octanol–water partition coefficient (Wildman–Crippen LogP) is 3.08. The lowest BCUT2D eigenvalue weighted by atomic mass is 10.2. The number of carbonyl (C=O) groups excluding carboxylic acids is 1. The van der Waals surface area contributed by atoms with E-state index in [9.17, 15) is 4.79 Å². The second-order valence-electron chi connectivity index (χ2n) is 4.62. The molecule has 2 aromatic heterocycles. The van der Waals surface area contributed by atoms with Crippen LogP contribution in [0.25, 0.3) is 5.65 Å². The summed E-state index contributed by atoms with van der Waals surface area (Å²) >= 11 is 5.96. The lowest BCUT2D eigenvalue weighted by Crippen LogP contribution is -2.33. The molecule has 0 saturated heterocycles. The van der Waals surface area contributed by atoms with Gasteiger partial charge in [-0.2, -0.15) is 0 Å². The van der Waals surface area contributed by atoms with Gasteiger partial charge in [-0.3, -0.25) is 9.20 Å². The first-order valence-corrected chi connectivity index (χ1v) is 6.92. The largest absolute Gasteiger partial charge is 0.348 e. The van der Waals surface area contributed by atoms with E-state index in [-0.39, 0.29) is 11.9 Å². The summed E-state index contributed by atoms with van der Waals surface area (Å²) < 4.78 is 1.79. The van der Waals surface area contributed by atoms with Crippen LogP contribution in [0.1, 0.15) is 43.4 Å². The van der Waals surface area contributed by atoms with Crippen LogP contribution >= 0.6 is 11.6 Å². The van der Waals surface area contributed by atoms with Gasteiger partial charge in [0.15, 0.2) is 0 Å². The Kier molecular flexibility index (Phi) is 4.10. The number of imidazole rings is 1. The van der Waals surface area contributed by atoms with Gasteiger partial charge in [-0.1, -0.05) is 25.4 Å². The lowest BCUT2D eigenvalue weighted by molar-refractivity contribution is 0.0932. The smallest absolute Gasteiger partial charge is 0.270 e. The van der Waals surface area contributed by atoms with Gasteiger partial charge in [0.2, 0.25) is 0 Å². The van der Waals surface area contributed by atoms with Crippen molar-refractivity contribution in [1.29, 1.82) is 0 Å². The van der Waals surface area contributed by atoms with Gasteiger partial charge in [0.25, 0.3) is 5.91 Å². The zero-order valence-electron chi connectivity index (χ0n) is 11.4. The molecule has 0 spiro atoms. The van der Waals surface area contributed by atoms with Crippen LogP contribution in [0.15, 0.2) is 18.3 Å². The molecule has 0 aliphatic rings. The third kappa shape index (κ3) is 2.73. The number of amides is 1. The monoisotopic (exact) mass is 279 g/mol. The first kappa shape index (κ1) is 13.9. The van der Waals surface area contributed by atoms with Crippen molar-refractivity contribution in [2.24, 2.45) is 0 Å². The molecular formula is C14H18ClN3O. The number of hydrogen-bond donors (Lipinski definition) is 1. The fourth-order valence-electron chi connectivity index (χ4n) is 1.95. The second kappa shape index (κ2) is 5.61. The van der Waals surface area contributed by atoms with Gasteiger partial charge in [0, 0.05) is 23.3 Å². The highest BCUT2D eigenvalue weighted by Crippen LogP contribution is 2.17. The number of rotatable bonds is 4. The first-order chi connectivity index (χ1) is 9.06. The van der Waals surface area contributed by atoms with E-state index in [0.29, 0.717) is 22.8 Å². The summed E-state index contributed by atoms with van der Waals surface area (Å²) in [6.45, 7) is 6.02. The standard InChI is InChI=1S/C14H18ClN3O/c1-4-9(3)16-14(19)13-11(5-2)17-12-8-10(15)6-7-18(12)13/h6-9H,4-5H2,1-3H3,(H,16,19). The Morgan fingerprint density at radius 2 is 2.26 bits per heavy atom. The highest BCUT2D eigenvalue weighted by molar-refractivity contribution is 6.30. The molecule has 0 aliphatic heterocycles. The molecule has 0 saturated carbocycles. The van der Waals surface area contributed by atoms with Crippen LogP contribution in [-0.4, -0.2) is 21.3 Å². The van der Waals surface area contributed by atoms with Crippen molar-refractivity contribution in [3.05, 3.63) is 34.7 Å². The summed E-state index contributed by atoms with van der Waals surface area (Å²) in [7, 11) is 0. The van der Waals surface area contributed by atoms with Gasteiger partial charge in [-0.15, -0.1) is 0 Å². The van der Waals surface area contributed by atoms with Crippen LogP contribution in [0, 0.1) is 0 Å². The van der Waals surface area contributed by atoms with Crippen molar-refractivity contribution in [3.63, 3.8) is 0 Å². The molecular weight excluding hydrogens is 262 g/mol. The molecule has 2 aromatic rings. The molecule has 0 bridgehead atoms. The molecule has 102 valence electrons. The maximum absolute atomic E-state index is 12.3. The number of aryl methyl sites for hydroxylation is 1. The van der Waals surface area contributed by atoms with Crippen molar-refractivity contribution in [3.8, 4) is 0 Å². The van der Waals surface area contributed by atoms with Crippen molar-refractivity contribution in [1.82, 2.24) is 14.7 Å². The fraction of sp³-hybridized carbons (Fsp3) is 0.429. The van der Waals surface area contributed by atoms with Crippen molar-refractivity contribution >= 4 is 23.2 Å². The normalized spacial score (nSPS) is 12.6. The summed E-state index contributed by atoms with van der Waals surface area (Å²) in [5.41, 5.74) is 2.11. The van der Waals surface area contributed by atoms with E-state index in [1.54, 1.807) is 22.7 Å². The van der Waals surface area contributed by atoms with Crippen molar-refractivity contribution < 1.29 is 4.79 Å². The van der Waals surface area contributed by atoms with Gasteiger partial charge in [0.05, 0.1) is 5.69 Å². The number of fused-ring (bicyclic) bond motifs is 1. The third-order valence-electron chi connectivity index (χ3n) is 3.20. The topological polar surface area (TPSA) is 46.4 Å². The van der Waals surface area contributed by atoms with E-state index >= 15 is 0 Å². The molecule has 1 amide bonds. The lowest BCUT2D eigenvalue weighted by Gasteiger charge is -2.11. The van der Waals surface area contributed by atoms with Crippen LogP contribution in [0.2, 0.25) is 5.02 Å². The van der Waals surface area contributed by atoms with Crippen LogP contribution < -0.4 is 5.32 Å². The average molecular weight is 280 g/mol. The molecule has 1 atom stereocenters. The van der Waals surface area contributed by atoms with Gasteiger partial charge < -0.3 is 5.32 Å². The van der Waals surface area contributed by atoms with E-state index in [2.05, 4.69) is 10.3 Å². The average Bonchev–Trinajstić information content (AvgIpc) is 2.75. The molecule has 0 aromatic carbocycles. The number of hydrogen-bond acceptors (Lipinski definition) is 2. The Labute approximate surface area is 117 Å². The summed E-state index contributed by atoms with van der Waals surface area (Å²) in [5.74, 6) is -0.0824. The first-order valence-electron chi connectivity index (χ1n) is 6.54. The third-order valence-corrected chi connectivity index (χ3v) is 3.44. The summed E-state index contributed by atoms with van der Waals surface area (Å²) in [6, 6.07) is 3.67. The predicted molar refractivity (Wildman–Crippen MR) is 76.8 cm³/mol. The minimum atomic E-state index is -0.0824. The van der Waals surface area contributed by atoms with Crippen molar-refractivity contribution in [2.75, 3.05) is 0 Å². The Balaban J connectivity index is 2.48. The fourth-order valence-corrected chi connectivity index (χ4v) is 2.10. The van der Waals surface area contributed by atoms with Crippen LogP contribution in [0.3, 0.4) is 0 Å². The zero-order valence-corrected chi connectivity index (χ0v) is 12.2. The van der Waals surface area contributed by atoms with Gasteiger partial charge >= 0.3 is 0 Å². The van der Waals surface area contributed by atoms with Gasteiger partial charge in [-0.25, -0.2) is 4.98 Å². The summed E-state index contributed by atoms with van der Waals surface area (Å²) in [5, 5.41) is 3.60. The molecule has 0 fully saturated rings. The highest BCUT2D eigenvalue weighted by atomic mass is 35.5. The summed E-state index contributed by atoms with van der Waals surface area (Å²) in [4.78, 5) is 16.8. The molecule has 2 rings (SSSR count). The maximum atomic E-state index is 12.3. The maximum Gasteiger partial charge on any atom is 0.270 e. The number of pyridine rings is 1. The molecule has 1 unspecified atom stereocenters. The Morgan fingerprint density at radius 3 is 2.89 bits per heavy atom. The minimum Gasteiger partial charge on any atom is -0.348 e. The Bertz CT molecular complexity index is 606. The number of nitrogens with zero attached hydrogens (tertiary/aromatic N) is 2. The molecule has 0 aliphatic carbocycles. The van der Waals surface area contributed by atoms with Crippen LogP contribution in [0.4, 0.5) is 0 Å². The Morgan fingerprint density at radius 1 is 1.53 bits per heavy atom. The number of carbonyl (C=O) groups is 1. The molecule has 2 heterocycles. The molecule has 0 radical (unpaired) electrons. The van der Waals surface area contributed by atoms with E-state index in [0.717, 1.165) is 12.1 Å². The number of halogens is 1.